The highest BCUT2D eigenvalue weighted by molar-refractivity contribution is 7.91. The van der Waals surface area contributed by atoms with Gasteiger partial charge in [0.1, 0.15) is 0 Å². The summed E-state index contributed by atoms with van der Waals surface area (Å²) in [4.78, 5) is 11.8. The Labute approximate surface area is 146 Å². The molecule has 26 heavy (non-hydrogen) atoms. The van der Waals surface area contributed by atoms with Gasteiger partial charge in [0.25, 0.3) is 0 Å². The van der Waals surface area contributed by atoms with Gasteiger partial charge in [-0.1, -0.05) is 12.1 Å². The SMILES string of the molecule is O=C(CN(CCCO)CC(F)(F)F)Nc1ccccc1S(=O)(=O)C(F)F. The quantitative estimate of drug-likeness (QED) is 0.614. The minimum atomic E-state index is -5.00. The number of hydrogen-bond donors (Lipinski definition) is 2. The molecule has 1 rings (SSSR count). The number of nitrogens with one attached hydrogen (secondary N) is 1. The van der Waals surface area contributed by atoms with Crippen molar-refractivity contribution >= 4 is 21.4 Å². The van der Waals surface area contributed by atoms with Gasteiger partial charge < -0.3 is 10.4 Å². The molecule has 0 radical (unpaired) electrons. The molecule has 12 heteroatoms. The van der Waals surface area contributed by atoms with Gasteiger partial charge in [-0.25, -0.2) is 8.42 Å². The largest absolute Gasteiger partial charge is 0.401 e. The summed E-state index contributed by atoms with van der Waals surface area (Å²) in [5, 5.41) is 10.8. The molecule has 148 valence electrons. The average Bonchev–Trinajstić information content (AvgIpc) is 2.51. The Morgan fingerprint density at radius 1 is 1.23 bits per heavy atom. The highest BCUT2D eigenvalue weighted by Gasteiger charge is 2.32. The third kappa shape index (κ3) is 6.84. The molecule has 1 aromatic rings. The number of para-hydroxylation sites is 1. The molecule has 0 spiro atoms. The van der Waals surface area contributed by atoms with E-state index in [-0.39, 0.29) is 19.6 Å². The maximum Gasteiger partial charge on any atom is 0.401 e. The van der Waals surface area contributed by atoms with E-state index in [4.69, 9.17) is 5.11 Å². The second kappa shape index (κ2) is 9.24. The Kier molecular flexibility index (Phi) is 7.90. The van der Waals surface area contributed by atoms with Crippen molar-refractivity contribution in [3.8, 4) is 0 Å². The number of sulfone groups is 1. The smallest absolute Gasteiger partial charge is 0.396 e. The van der Waals surface area contributed by atoms with Crippen LogP contribution < -0.4 is 5.32 Å². The first-order valence-electron chi connectivity index (χ1n) is 7.28. The van der Waals surface area contributed by atoms with Crippen molar-refractivity contribution in [2.45, 2.75) is 23.3 Å². The lowest BCUT2D eigenvalue weighted by molar-refractivity contribution is -0.148. The van der Waals surface area contributed by atoms with Gasteiger partial charge in [0.2, 0.25) is 15.7 Å². The second-order valence-electron chi connectivity index (χ2n) is 5.25. The fraction of sp³-hybridized carbons (Fsp3) is 0.500. The minimum absolute atomic E-state index is 0.0142. The van der Waals surface area contributed by atoms with E-state index in [1.807, 2.05) is 5.32 Å². The molecule has 1 aromatic carbocycles. The van der Waals surface area contributed by atoms with Crippen LogP contribution in [0.15, 0.2) is 29.2 Å². The van der Waals surface area contributed by atoms with Crippen LogP contribution in [0.4, 0.5) is 27.6 Å². The molecule has 0 aliphatic rings. The highest BCUT2D eigenvalue weighted by Crippen LogP contribution is 2.26. The van der Waals surface area contributed by atoms with Crippen LogP contribution in [-0.4, -0.2) is 62.5 Å². The average molecular weight is 404 g/mol. The summed E-state index contributed by atoms with van der Waals surface area (Å²) in [5.41, 5.74) is -0.452. The minimum Gasteiger partial charge on any atom is -0.396 e. The number of aliphatic hydroxyl groups excluding tert-OH is 1. The van der Waals surface area contributed by atoms with Crippen molar-refractivity contribution in [3.63, 3.8) is 0 Å². The monoisotopic (exact) mass is 404 g/mol. The number of carbonyl (C=O) groups is 1. The molecule has 0 saturated carbocycles. The molecule has 0 fully saturated rings. The fourth-order valence-corrected chi connectivity index (χ4v) is 2.95. The molecule has 0 atom stereocenters. The number of alkyl halides is 5. The molecule has 0 aliphatic carbocycles. The van der Waals surface area contributed by atoms with Crippen LogP contribution in [0.25, 0.3) is 0 Å². The number of halogens is 5. The number of amides is 1. The molecule has 6 nitrogen and oxygen atoms in total. The molecular formula is C14H17F5N2O4S. The summed E-state index contributed by atoms with van der Waals surface area (Å²) in [6.07, 6.45) is -4.60. The zero-order chi connectivity index (χ0) is 20.0. The van der Waals surface area contributed by atoms with Crippen LogP contribution >= 0.6 is 0 Å². The lowest BCUT2D eigenvalue weighted by atomic mass is 10.3. The summed E-state index contributed by atoms with van der Waals surface area (Å²) < 4.78 is 86.1. The van der Waals surface area contributed by atoms with Crippen molar-refractivity contribution in [2.75, 3.05) is 31.6 Å². The number of benzene rings is 1. The topological polar surface area (TPSA) is 86.7 Å². The maximum atomic E-state index is 12.7. The highest BCUT2D eigenvalue weighted by atomic mass is 32.2. The van der Waals surface area contributed by atoms with Gasteiger partial charge in [0.15, 0.2) is 0 Å². The van der Waals surface area contributed by atoms with Gasteiger partial charge in [0.05, 0.1) is 23.7 Å². The fourth-order valence-electron chi connectivity index (χ4n) is 2.07. The van der Waals surface area contributed by atoms with Crippen molar-refractivity contribution in [1.82, 2.24) is 4.90 Å². The molecule has 0 aromatic heterocycles. The van der Waals surface area contributed by atoms with E-state index >= 15 is 0 Å². The van der Waals surface area contributed by atoms with Crippen molar-refractivity contribution in [3.05, 3.63) is 24.3 Å². The Bertz CT molecular complexity index is 710. The van der Waals surface area contributed by atoms with E-state index in [9.17, 15) is 35.2 Å². The van der Waals surface area contributed by atoms with E-state index < -0.39 is 51.4 Å². The molecule has 0 aliphatic heterocycles. The molecule has 2 N–H and O–H groups in total. The first kappa shape index (κ1) is 22.3. The van der Waals surface area contributed by atoms with Gasteiger partial charge in [-0.3, -0.25) is 9.69 Å². The van der Waals surface area contributed by atoms with Gasteiger partial charge in [-0.2, -0.15) is 22.0 Å². The van der Waals surface area contributed by atoms with Crippen LogP contribution in [0.3, 0.4) is 0 Å². The van der Waals surface area contributed by atoms with E-state index in [0.717, 1.165) is 12.1 Å². The third-order valence-corrected chi connectivity index (χ3v) is 4.54. The Morgan fingerprint density at radius 2 is 1.85 bits per heavy atom. The maximum absolute atomic E-state index is 12.7. The van der Waals surface area contributed by atoms with Crippen molar-refractivity contribution in [1.29, 1.82) is 0 Å². The molecular weight excluding hydrogens is 387 g/mol. The summed E-state index contributed by atoms with van der Waals surface area (Å²) in [5.74, 6) is -4.73. The van der Waals surface area contributed by atoms with Gasteiger partial charge >= 0.3 is 11.9 Å². The number of nitrogens with zero attached hydrogens (tertiary/aromatic N) is 1. The van der Waals surface area contributed by atoms with Crippen LogP contribution in [0.2, 0.25) is 0 Å². The second-order valence-corrected chi connectivity index (χ2v) is 7.14. The van der Waals surface area contributed by atoms with E-state index in [2.05, 4.69) is 0 Å². The molecule has 0 unspecified atom stereocenters. The van der Waals surface area contributed by atoms with Gasteiger partial charge in [-0.15, -0.1) is 0 Å². The standard InChI is InChI=1S/C14H17F5N2O4S/c15-13(16)26(24,25)11-5-2-1-4-10(11)20-12(23)8-21(6-3-7-22)9-14(17,18)19/h1-2,4-5,13,22H,3,6-9H2,(H,20,23). The lowest BCUT2D eigenvalue weighted by Crippen LogP contribution is -2.40. The number of carbonyl (C=O) groups excluding carboxylic acids is 1. The molecule has 0 heterocycles. The van der Waals surface area contributed by atoms with Gasteiger partial charge in [0, 0.05) is 13.2 Å². The first-order chi connectivity index (χ1) is 12.0. The van der Waals surface area contributed by atoms with Crippen LogP contribution in [0.5, 0.6) is 0 Å². The van der Waals surface area contributed by atoms with E-state index in [1.165, 1.54) is 12.1 Å². The first-order valence-corrected chi connectivity index (χ1v) is 8.83. The molecule has 0 bridgehead atoms. The summed E-state index contributed by atoms with van der Waals surface area (Å²) in [6.45, 7) is -2.80. The zero-order valence-electron chi connectivity index (χ0n) is 13.3. The molecule has 1 amide bonds. The summed E-state index contributed by atoms with van der Waals surface area (Å²) in [7, 11) is -5.00. The number of aliphatic hydroxyl groups is 1. The number of hydrogen-bond acceptors (Lipinski definition) is 5. The van der Waals surface area contributed by atoms with Crippen molar-refractivity contribution < 1.29 is 40.3 Å². The van der Waals surface area contributed by atoms with Crippen molar-refractivity contribution in [2.24, 2.45) is 0 Å². The predicted molar refractivity (Wildman–Crippen MR) is 82.5 cm³/mol. The summed E-state index contributed by atoms with van der Waals surface area (Å²) >= 11 is 0. The Balaban J connectivity index is 2.93. The molecule has 0 saturated heterocycles. The van der Waals surface area contributed by atoms with E-state index in [1.54, 1.807) is 0 Å². The number of anilines is 1. The Morgan fingerprint density at radius 3 is 2.38 bits per heavy atom. The van der Waals surface area contributed by atoms with Crippen LogP contribution in [-0.2, 0) is 14.6 Å². The Hall–Kier alpha value is -1.79. The van der Waals surface area contributed by atoms with Crippen LogP contribution in [0.1, 0.15) is 6.42 Å². The zero-order valence-corrected chi connectivity index (χ0v) is 14.2. The normalized spacial score (nSPS) is 12.6. The third-order valence-electron chi connectivity index (χ3n) is 3.10. The lowest BCUT2D eigenvalue weighted by Gasteiger charge is -2.23. The van der Waals surface area contributed by atoms with Gasteiger partial charge in [-0.05, 0) is 18.6 Å². The van der Waals surface area contributed by atoms with E-state index in [0.29, 0.717) is 4.90 Å². The number of rotatable bonds is 9. The predicted octanol–water partition coefficient (Wildman–Crippen LogP) is 1.87. The van der Waals surface area contributed by atoms with Crippen LogP contribution in [0, 0.1) is 0 Å². The summed E-state index contributed by atoms with van der Waals surface area (Å²) in [6, 6.07) is 4.35.